The molecule has 0 fully saturated rings. The average molecular weight is 292 g/mol. The van der Waals surface area contributed by atoms with Crippen LogP contribution in [0.4, 0.5) is 0 Å². The van der Waals surface area contributed by atoms with Gasteiger partial charge in [0.2, 0.25) is 0 Å². The molecule has 1 atom stereocenters. The van der Waals surface area contributed by atoms with Gasteiger partial charge in [-0.1, -0.05) is 29.3 Å². The number of nitrogens with zero attached hydrogens (tertiary/aromatic N) is 1. The molecule has 0 spiro atoms. The summed E-state index contributed by atoms with van der Waals surface area (Å²) in [6, 6.07) is 7.85. The molecule has 0 aliphatic heterocycles. The minimum absolute atomic E-state index is 0.0961. The van der Waals surface area contributed by atoms with Gasteiger partial charge in [0.25, 0.3) is 0 Å². The van der Waals surface area contributed by atoms with E-state index in [-0.39, 0.29) is 6.04 Å². The number of ether oxygens (including phenoxy) is 1. The molecule has 2 aromatic rings. The first kappa shape index (κ1) is 14.8. The molecule has 5 heteroatoms. The predicted molar refractivity (Wildman–Crippen MR) is 80.7 cm³/mol. The quantitative estimate of drug-likeness (QED) is 0.657. The van der Waals surface area contributed by atoms with E-state index >= 15 is 0 Å². The van der Waals surface area contributed by atoms with E-state index in [9.17, 15) is 0 Å². The van der Waals surface area contributed by atoms with Gasteiger partial charge in [0.1, 0.15) is 5.75 Å². The first-order valence-corrected chi connectivity index (χ1v) is 6.72. The average Bonchev–Trinajstić information content (AvgIpc) is 2.46. The molecule has 1 heterocycles. The molecule has 0 aliphatic carbocycles. The van der Waals surface area contributed by atoms with Gasteiger partial charge in [-0.3, -0.25) is 16.3 Å². The second-order valence-corrected chi connectivity index (χ2v) is 5.04. The standard InChI is InChI=1S/C15H18ClN3O/c1-10-3-4-15(20-2)11(7-10)8-14(19-17)12-5-6-18-9-13(12)16/h3-7,9,14,19H,8,17H2,1-2H3. The highest BCUT2D eigenvalue weighted by molar-refractivity contribution is 6.31. The smallest absolute Gasteiger partial charge is 0.122 e. The van der Waals surface area contributed by atoms with Crippen molar-refractivity contribution in [2.75, 3.05) is 7.11 Å². The van der Waals surface area contributed by atoms with E-state index in [0.29, 0.717) is 11.4 Å². The maximum absolute atomic E-state index is 6.18. The Labute approximate surface area is 123 Å². The number of nitrogens with one attached hydrogen (secondary N) is 1. The van der Waals surface area contributed by atoms with E-state index in [2.05, 4.69) is 16.5 Å². The Balaban J connectivity index is 2.31. The van der Waals surface area contributed by atoms with E-state index in [1.54, 1.807) is 19.5 Å². The number of aryl methyl sites for hydroxylation is 1. The second-order valence-electron chi connectivity index (χ2n) is 4.64. The Morgan fingerprint density at radius 2 is 2.20 bits per heavy atom. The Hall–Kier alpha value is -1.62. The number of nitrogens with two attached hydrogens (primary N) is 1. The Morgan fingerprint density at radius 3 is 2.85 bits per heavy atom. The van der Waals surface area contributed by atoms with E-state index in [1.165, 1.54) is 5.56 Å². The Kier molecular flexibility index (Phi) is 4.95. The third-order valence-corrected chi connectivity index (χ3v) is 3.56. The summed E-state index contributed by atoms with van der Waals surface area (Å²) in [5.74, 6) is 6.53. The molecule has 4 nitrogen and oxygen atoms in total. The van der Waals surface area contributed by atoms with E-state index in [4.69, 9.17) is 22.2 Å². The summed E-state index contributed by atoms with van der Waals surface area (Å²) in [6.45, 7) is 2.05. The number of halogens is 1. The van der Waals surface area contributed by atoms with Gasteiger partial charge in [-0.25, -0.2) is 0 Å². The number of benzene rings is 1. The van der Waals surface area contributed by atoms with E-state index < -0.39 is 0 Å². The van der Waals surface area contributed by atoms with Gasteiger partial charge in [-0.05, 0) is 36.6 Å². The highest BCUT2D eigenvalue weighted by Crippen LogP contribution is 2.28. The van der Waals surface area contributed by atoms with Gasteiger partial charge in [-0.15, -0.1) is 0 Å². The van der Waals surface area contributed by atoms with Crippen molar-refractivity contribution in [1.82, 2.24) is 10.4 Å². The SMILES string of the molecule is COc1ccc(C)cc1CC(NN)c1ccncc1Cl. The van der Waals surface area contributed by atoms with Crippen molar-refractivity contribution in [3.63, 3.8) is 0 Å². The third-order valence-electron chi connectivity index (χ3n) is 3.24. The number of pyridine rings is 1. The number of hydrazine groups is 1. The van der Waals surface area contributed by atoms with Crippen LogP contribution in [0.5, 0.6) is 5.75 Å². The molecule has 1 aromatic carbocycles. The van der Waals surface area contributed by atoms with Crippen LogP contribution in [0.3, 0.4) is 0 Å². The van der Waals surface area contributed by atoms with Crippen LogP contribution in [0.2, 0.25) is 5.02 Å². The number of hydrogen-bond acceptors (Lipinski definition) is 4. The lowest BCUT2D eigenvalue weighted by atomic mass is 9.98. The van der Waals surface area contributed by atoms with E-state index in [0.717, 1.165) is 16.9 Å². The molecule has 106 valence electrons. The number of aromatic nitrogens is 1. The van der Waals surface area contributed by atoms with Crippen molar-refractivity contribution >= 4 is 11.6 Å². The summed E-state index contributed by atoms with van der Waals surface area (Å²) in [5.41, 5.74) is 6.00. The minimum atomic E-state index is -0.0961. The molecule has 0 amide bonds. The fraction of sp³-hybridized carbons (Fsp3) is 0.267. The van der Waals surface area contributed by atoms with Gasteiger partial charge >= 0.3 is 0 Å². The molecule has 2 rings (SSSR count). The van der Waals surface area contributed by atoms with Crippen LogP contribution >= 0.6 is 11.6 Å². The van der Waals surface area contributed by atoms with Gasteiger partial charge in [0.15, 0.2) is 0 Å². The highest BCUT2D eigenvalue weighted by Gasteiger charge is 2.16. The molecule has 0 radical (unpaired) electrons. The van der Waals surface area contributed by atoms with Crippen molar-refractivity contribution < 1.29 is 4.74 Å². The van der Waals surface area contributed by atoms with Crippen molar-refractivity contribution in [3.05, 3.63) is 58.4 Å². The fourth-order valence-corrected chi connectivity index (χ4v) is 2.47. The monoisotopic (exact) mass is 291 g/mol. The van der Waals surface area contributed by atoms with Crippen LogP contribution in [0.1, 0.15) is 22.7 Å². The van der Waals surface area contributed by atoms with Crippen molar-refractivity contribution in [1.29, 1.82) is 0 Å². The zero-order valence-electron chi connectivity index (χ0n) is 11.6. The maximum Gasteiger partial charge on any atom is 0.122 e. The summed E-state index contributed by atoms with van der Waals surface area (Å²) < 4.78 is 5.40. The fourth-order valence-electron chi connectivity index (χ4n) is 2.21. The number of methoxy groups -OCH3 is 1. The largest absolute Gasteiger partial charge is 0.496 e. The van der Waals surface area contributed by atoms with Crippen molar-refractivity contribution in [2.45, 2.75) is 19.4 Å². The van der Waals surface area contributed by atoms with Crippen molar-refractivity contribution in [3.8, 4) is 5.75 Å². The van der Waals surface area contributed by atoms with Gasteiger partial charge < -0.3 is 4.74 Å². The van der Waals surface area contributed by atoms with Crippen LogP contribution in [0, 0.1) is 6.92 Å². The van der Waals surface area contributed by atoms with Gasteiger partial charge in [0.05, 0.1) is 18.2 Å². The lowest BCUT2D eigenvalue weighted by Crippen LogP contribution is -2.30. The summed E-state index contributed by atoms with van der Waals surface area (Å²) in [5, 5.41) is 0.599. The van der Waals surface area contributed by atoms with Crippen LogP contribution in [0.15, 0.2) is 36.7 Å². The first-order valence-electron chi connectivity index (χ1n) is 6.34. The Bertz CT molecular complexity index is 589. The van der Waals surface area contributed by atoms with Crippen LogP contribution in [0.25, 0.3) is 0 Å². The molecular formula is C15H18ClN3O. The number of hydrogen-bond donors (Lipinski definition) is 2. The molecule has 20 heavy (non-hydrogen) atoms. The summed E-state index contributed by atoms with van der Waals surface area (Å²) >= 11 is 6.18. The molecule has 1 unspecified atom stereocenters. The molecule has 3 N–H and O–H groups in total. The lowest BCUT2D eigenvalue weighted by molar-refractivity contribution is 0.405. The molecule has 0 aliphatic rings. The topological polar surface area (TPSA) is 60.2 Å². The van der Waals surface area contributed by atoms with E-state index in [1.807, 2.05) is 25.1 Å². The summed E-state index contributed by atoms with van der Waals surface area (Å²) in [6.07, 6.45) is 4.01. The second kappa shape index (κ2) is 6.70. The molecular weight excluding hydrogens is 274 g/mol. The molecule has 0 saturated heterocycles. The molecule has 1 aromatic heterocycles. The van der Waals surface area contributed by atoms with Gasteiger partial charge in [-0.2, -0.15) is 0 Å². The molecule has 0 saturated carbocycles. The molecule has 0 bridgehead atoms. The third kappa shape index (κ3) is 3.28. The van der Waals surface area contributed by atoms with Crippen molar-refractivity contribution in [2.24, 2.45) is 5.84 Å². The normalized spacial score (nSPS) is 12.2. The van der Waals surface area contributed by atoms with Crippen LogP contribution in [-0.2, 0) is 6.42 Å². The summed E-state index contributed by atoms with van der Waals surface area (Å²) in [4.78, 5) is 3.99. The highest BCUT2D eigenvalue weighted by atomic mass is 35.5. The number of rotatable bonds is 5. The minimum Gasteiger partial charge on any atom is -0.496 e. The van der Waals surface area contributed by atoms with Crippen LogP contribution < -0.4 is 16.0 Å². The zero-order chi connectivity index (χ0) is 14.5. The first-order chi connectivity index (χ1) is 9.65. The summed E-state index contributed by atoms with van der Waals surface area (Å²) in [7, 11) is 1.67. The van der Waals surface area contributed by atoms with Gasteiger partial charge in [0, 0.05) is 12.4 Å². The van der Waals surface area contributed by atoms with Crippen LogP contribution in [-0.4, -0.2) is 12.1 Å². The predicted octanol–water partition coefficient (Wildman–Crippen LogP) is 2.80. The maximum atomic E-state index is 6.18. The lowest BCUT2D eigenvalue weighted by Gasteiger charge is -2.19. The zero-order valence-corrected chi connectivity index (χ0v) is 12.3. The Morgan fingerprint density at radius 1 is 1.40 bits per heavy atom.